The van der Waals surface area contributed by atoms with E-state index in [1.807, 2.05) is 19.1 Å². The van der Waals surface area contributed by atoms with Crippen LogP contribution in [0.3, 0.4) is 0 Å². The van der Waals surface area contributed by atoms with E-state index in [0.29, 0.717) is 5.56 Å². The molecule has 5 nitrogen and oxygen atoms in total. The van der Waals surface area contributed by atoms with Gasteiger partial charge in [0, 0.05) is 23.4 Å². The summed E-state index contributed by atoms with van der Waals surface area (Å²) in [5.41, 5.74) is 2.33. The van der Waals surface area contributed by atoms with E-state index < -0.39 is 0 Å². The monoisotopic (exact) mass is 272 g/mol. The van der Waals surface area contributed by atoms with Crippen LogP contribution < -0.4 is 5.32 Å². The van der Waals surface area contributed by atoms with Crippen LogP contribution in [0.4, 0.5) is 11.4 Å². The highest BCUT2D eigenvalue weighted by molar-refractivity contribution is 5.60. The van der Waals surface area contributed by atoms with Crippen LogP contribution in [0.25, 0.3) is 0 Å². The molecular formula is C15H16N2O3. The number of nitro groups is 1. The predicted molar refractivity (Wildman–Crippen MR) is 78.0 cm³/mol. The van der Waals surface area contributed by atoms with Crippen LogP contribution in [0.2, 0.25) is 0 Å². The largest absolute Gasteiger partial charge is 0.508 e. The SMILES string of the molecule is Cc1c(NC(C)c2cccc(O)c2)cccc1[N+](=O)[O-]. The summed E-state index contributed by atoms with van der Waals surface area (Å²) < 4.78 is 0. The van der Waals surface area contributed by atoms with Gasteiger partial charge in [0.05, 0.1) is 4.92 Å². The van der Waals surface area contributed by atoms with E-state index in [1.165, 1.54) is 6.07 Å². The molecule has 0 fully saturated rings. The Morgan fingerprint density at radius 3 is 2.60 bits per heavy atom. The Kier molecular flexibility index (Phi) is 3.89. The van der Waals surface area contributed by atoms with Gasteiger partial charge in [0.25, 0.3) is 5.69 Å². The minimum atomic E-state index is -0.389. The summed E-state index contributed by atoms with van der Waals surface area (Å²) in [7, 11) is 0. The summed E-state index contributed by atoms with van der Waals surface area (Å²) in [6, 6.07) is 11.8. The zero-order valence-corrected chi connectivity index (χ0v) is 11.3. The van der Waals surface area contributed by atoms with E-state index in [-0.39, 0.29) is 22.4 Å². The van der Waals surface area contributed by atoms with Gasteiger partial charge in [0.2, 0.25) is 0 Å². The first-order chi connectivity index (χ1) is 9.49. The topological polar surface area (TPSA) is 75.4 Å². The molecule has 5 heteroatoms. The van der Waals surface area contributed by atoms with Crippen LogP contribution in [-0.2, 0) is 0 Å². The number of hydrogen-bond donors (Lipinski definition) is 2. The molecule has 0 spiro atoms. The van der Waals surface area contributed by atoms with Crippen molar-refractivity contribution < 1.29 is 10.0 Å². The third-order valence-corrected chi connectivity index (χ3v) is 3.24. The molecule has 2 aromatic carbocycles. The van der Waals surface area contributed by atoms with Crippen molar-refractivity contribution in [3.8, 4) is 5.75 Å². The summed E-state index contributed by atoms with van der Waals surface area (Å²) in [6.45, 7) is 3.66. The second-order valence-corrected chi connectivity index (χ2v) is 4.67. The van der Waals surface area contributed by atoms with E-state index in [2.05, 4.69) is 5.32 Å². The number of phenols is 1. The van der Waals surface area contributed by atoms with Gasteiger partial charge in [-0.05, 0) is 37.6 Å². The Morgan fingerprint density at radius 2 is 1.95 bits per heavy atom. The molecular weight excluding hydrogens is 256 g/mol. The summed E-state index contributed by atoms with van der Waals surface area (Å²) in [5, 5.41) is 23.6. The normalized spacial score (nSPS) is 11.9. The third-order valence-electron chi connectivity index (χ3n) is 3.24. The lowest BCUT2D eigenvalue weighted by atomic mass is 10.1. The maximum Gasteiger partial charge on any atom is 0.274 e. The molecule has 2 aromatic rings. The quantitative estimate of drug-likeness (QED) is 0.656. The van der Waals surface area contributed by atoms with Crippen LogP contribution in [0.5, 0.6) is 5.75 Å². The average molecular weight is 272 g/mol. The Morgan fingerprint density at radius 1 is 1.25 bits per heavy atom. The zero-order chi connectivity index (χ0) is 14.7. The molecule has 0 bridgehead atoms. The van der Waals surface area contributed by atoms with Crippen LogP contribution in [-0.4, -0.2) is 10.0 Å². The maximum absolute atomic E-state index is 10.9. The zero-order valence-electron chi connectivity index (χ0n) is 11.3. The second kappa shape index (κ2) is 5.61. The van der Waals surface area contributed by atoms with Crippen LogP contribution in [0.15, 0.2) is 42.5 Å². The Balaban J connectivity index is 2.26. The number of benzene rings is 2. The smallest absolute Gasteiger partial charge is 0.274 e. The summed E-state index contributed by atoms with van der Waals surface area (Å²) in [6.07, 6.45) is 0. The molecule has 0 heterocycles. The number of hydrogen-bond acceptors (Lipinski definition) is 4. The lowest BCUT2D eigenvalue weighted by molar-refractivity contribution is -0.385. The van der Waals surface area contributed by atoms with E-state index in [4.69, 9.17) is 0 Å². The molecule has 2 rings (SSSR count). The highest BCUT2D eigenvalue weighted by Crippen LogP contribution is 2.28. The minimum absolute atomic E-state index is 0.0668. The van der Waals surface area contributed by atoms with E-state index in [1.54, 1.807) is 31.2 Å². The van der Waals surface area contributed by atoms with E-state index in [0.717, 1.165) is 11.3 Å². The Bertz CT molecular complexity index is 641. The van der Waals surface area contributed by atoms with Crippen LogP contribution >= 0.6 is 0 Å². The molecule has 0 saturated heterocycles. The summed E-state index contributed by atoms with van der Waals surface area (Å²) in [4.78, 5) is 10.5. The maximum atomic E-state index is 10.9. The number of nitrogens with zero attached hydrogens (tertiary/aromatic N) is 1. The van der Waals surface area contributed by atoms with Crippen LogP contribution in [0, 0.1) is 17.0 Å². The molecule has 1 atom stereocenters. The molecule has 2 N–H and O–H groups in total. The fourth-order valence-electron chi connectivity index (χ4n) is 2.09. The van der Waals surface area contributed by atoms with Gasteiger partial charge in [0.1, 0.15) is 5.75 Å². The number of nitrogens with one attached hydrogen (secondary N) is 1. The van der Waals surface area contributed by atoms with Crippen molar-refractivity contribution in [1.82, 2.24) is 0 Å². The third kappa shape index (κ3) is 2.88. The van der Waals surface area contributed by atoms with Crippen molar-refractivity contribution in [2.75, 3.05) is 5.32 Å². The molecule has 0 aliphatic heterocycles. The van der Waals surface area contributed by atoms with Gasteiger partial charge in [0.15, 0.2) is 0 Å². The number of anilines is 1. The molecule has 0 radical (unpaired) electrons. The molecule has 0 amide bonds. The molecule has 0 aliphatic rings. The van der Waals surface area contributed by atoms with Gasteiger partial charge in [-0.2, -0.15) is 0 Å². The number of aromatic hydroxyl groups is 1. The highest BCUT2D eigenvalue weighted by Gasteiger charge is 2.15. The van der Waals surface area contributed by atoms with Gasteiger partial charge < -0.3 is 10.4 Å². The Labute approximate surface area is 117 Å². The summed E-state index contributed by atoms with van der Waals surface area (Å²) in [5.74, 6) is 0.201. The van der Waals surface area contributed by atoms with Gasteiger partial charge >= 0.3 is 0 Å². The lowest BCUT2D eigenvalue weighted by Gasteiger charge is -2.17. The first kappa shape index (κ1) is 13.9. The van der Waals surface area contributed by atoms with Crippen molar-refractivity contribution in [1.29, 1.82) is 0 Å². The molecule has 0 saturated carbocycles. The Hall–Kier alpha value is -2.56. The molecule has 0 aromatic heterocycles. The minimum Gasteiger partial charge on any atom is -0.508 e. The molecule has 104 valence electrons. The van der Waals surface area contributed by atoms with Gasteiger partial charge in [-0.3, -0.25) is 10.1 Å². The molecule has 20 heavy (non-hydrogen) atoms. The van der Waals surface area contributed by atoms with Gasteiger partial charge in [-0.15, -0.1) is 0 Å². The molecule has 0 aliphatic carbocycles. The fraction of sp³-hybridized carbons (Fsp3) is 0.200. The van der Waals surface area contributed by atoms with Gasteiger partial charge in [-0.25, -0.2) is 0 Å². The first-order valence-electron chi connectivity index (χ1n) is 6.28. The first-order valence-corrected chi connectivity index (χ1v) is 6.28. The van der Waals surface area contributed by atoms with E-state index in [9.17, 15) is 15.2 Å². The fourth-order valence-corrected chi connectivity index (χ4v) is 2.09. The number of rotatable bonds is 4. The predicted octanol–water partition coefficient (Wildman–Crippen LogP) is 3.78. The number of nitro benzene ring substituents is 1. The standard InChI is InChI=1S/C15H16N2O3/c1-10-14(7-4-8-15(10)17(19)20)16-11(2)12-5-3-6-13(18)9-12/h3-9,11,16,18H,1-2H3. The highest BCUT2D eigenvalue weighted by atomic mass is 16.6. The van der Waals surface area contributed by atoms with Crippen molar-refractivity contribution >= 4 is 11.4 Å². The average Bonchev–Trinajstić information content (AvgIpc) is 2.40. The van der Waals surface area contributed by atoms with Gasteiger partial charge in [-0.1, -0.05) is 18.2 Å². The lowest BCUT2D eigenvalue weighted by Crippen LogP contribution is -2.08. The molecule has 1 unspecified atom stereocenters. The van der Waals surface area contributed by atoms with Crippen molar-refractivity contribution in [2.24, 2.45) is 0 Å². The second-order valence-electron chi connectivity index (χ2n) is 4.67. The van der Waals surface area contributed by atoms with E-state index >= 15 is 0 Å². The number of phenolic OH excluding ortho intramolecular Hbond substituents is 1. The summed E-state index contributed by atoms with van der Waals surface area (Å²) >= 11 is 0. The van der Waals surface area contributed by atoms with Crippen molar-refractivity contribution in [3.05, 3.63) is 63.7 Å². The van der Waals surface area contributed by atoms with Crippen LogP contribution in [0.1, 0.15) is 24.1 Å². The van der Waals surface area contributed by atoms with Crippen molar-refractivity contribution in [2.45, 2.75) is 19.9 Å². The van der Waals surface area contributed by atoms with Crippen molar-refractivity contribution in [3.63, 3.8) is 0 Å².